The molecule has 1 aromatic rings. The highest BCUT2D eigenvalue weighted by Gasteiger charge is 2.30. The van der Waals surface area contributed by atoms with Crippen LogP contribution in [0.3, 0.4) is 0 Å². The Bertz CT molecular complexity index is 689. The Morgan fingerprint density at radius 1 is 1.29 bits per heavy atom. The molecule has 156 valence electrons. The number of amides is 1. The topological polar surface area (TPSA) is 107 Å². The summed E-state index contributed by atoms with van der Waals surface area (Å²) in [5.41, 5.74) is -0.222. The number of nitrogens with zero attached hydrogens (tertiary/aromatic N) is 1. The van der Waals surface area contributed by atoms with E-state index in [1.807, 2.05) is 13.8 Å². The van der Waals surface area contributed by atoms with E-state index in [-0.39, 0.29) is 29.2 Å². The van der Waals surface area contributed by atoms with Crippen molar-refractivity contribution in [2.45, 2.75) is 58.8 Å². The van der Waals surface area contributed by atoms with Gasteiger partial charge in [0.25, 0.3) is 5.91 Å². The summed E-state index contributed by atoms with van der Waals surface area (Å²) in [7, 11) is 1.37. The Hall–Kier alpha value is -2.35. The lowest BCUT2D eigenvalue weighted by Crippen LogP contribution is -2.43. The molecular formula is C20H30N2O6. The van der Waals surface area contributed by atoms with E-state index < -0.39 is 24.0 Å². The molecule has 0 aromatic carbocycles. The highest BCUT2D eigenvalue weighted by Crippen LogP contribution is 2.30. The molecule has 1 aliphatic rings. The number of hydrogen-bond acceptors (Lipinski definition) is 7. The van der Waals surface area contributed by atoms with Crippen molar-refractivity contribution in [3.8, 4) is 11.5 Å². The zero-order valence-electron chi connectivity index (χ0n) is 17.1. The van der Waals surface area contributed by atoms with Gasteiger partial charge in [-0.05, 0) is 38.5 Å². The lowest BCUT2D eigenvalue weighted by molar-refractivity contribution is -0.160. The van der Waals surface area contributed by atoms with Crippen LogP contribution >= 0.6 is 0 Å². The van der Waals surface area contributed by atoms with E-state index in [0.29, 0.717) is 12.5 Å². The molecule has 0 spiro atoms. The molecule has 28 heavy (non-hydrogen) atoms. The van der Waals surface area contributed by atoms with Crippen LogP contribution in [-0.2, 0) is 14.3 Å². The number of aromatic nitrogens is 1. The maximum absolute atomic E-state index is 12.4. The number of carbonyl (C=O) groups is 2. The van der Waals surface area contributed by atoms with Crippen molar-refractivity contribution in [3.05, 3.63) is 18.0 Å². The van der Waals surface area contributed by atoms with Crippen LogP contribution in [-0.4, -0.2) is 53.9 Å². The number of rotatable bonds is 10. The summed E-state index contributed by atoms with van der Waals surface area (Å²) >= 11 is 0. The normalized spacial score (nSPS) is 16.9. The number of esters is 1. The second kappa shape index (κ2) is 9.73. The maximum Gasteiger partial charge on any atom is 0.328 e. The SMILES string of the molecule is COc1ccnc(C(=O)N[C@@H](C)C(=O)O[C@@H](C)[C@H](OCC2CC2)C(C)C)c1O. The molecule has 1 aliphatic carbocycles. The van der Waals surface area contributed by atoms with E-state index in [1.54, 1.807) is 6.92 Å². The number of carbonyl (C=O) groups excluding carboxylic acids is 2. The highest BCUT2D eigenvalue weighted by molar-refractivity contribution is 5.97. The lowest BCUT2D eigenvalue weighted by atomic mass is 10.0. The molecule has 1 heterocycles. The van der Waals surface area contributed by atoms with Crippen LogP contribution in [0.25, 0.3) is 0 Å². The van der Waals surface area contributed by atoms with Crippen LogP contribution < -0.4 is 10.1 Å². The molecule has 0 unspecified atom stereocenters. The molecule has 1 fully saturated rings. The summed E-state index contributed by atoms with van der Waals surface area (Å²) in [6.07, 6.45) is 3.05. The first-order valence-corrected chi connectivity index (χ1v) is 9.59. The third-order valence-corrected chi connectivity index (χ3v) is 4.67. The van der Waals surface area contributed by atoms with E-state index in [2.05, 4.69) is 10.3 Å². The zero-order chi connectivity index (χ0) is 20.8. The molecule has 0 bridgehead atoms. The molecule has 0 saturated heterocycles. The van der Waals surface area contributed by atoms with E-state index in [4.69, 9.17) is 14.2 Å². The molecule has 8 nitrogen and oxygen atoms in total. The predicted octanol–water partition coefficient (Wildman–Crippen LogP) is 2.30. The molecule has 0 radical (unpaired) electrons. The minimum Gasteiger partial charge on any atom is -0.503 e. The first-order valence-electron chi connectivity index (χ1n) is 9.59. The molecule has 2 rings (SSSR count). The largest absolute Gasteiger partial charge is 0.503 e. The van der Waals surface area contributed by atoms with Crippen LogP contribution in [0.15, 0.2) is 12.3 Å². The lowest BCUT2D eigenvalue weighted by Gasteiger charge is -2.28. The van der Waals surface area contributed by atoms with Crippen molar-refractivity contribution < 1.29 is 28.9 Å². The monoisotopic (exact) mass is 394 g/mol. The fraction of sp³-hybridized carbons (Fsp3) is 0.650. The van der Waals surface area contributed by atoms with E-state index in [9.17, 15) is 14.7 Å². The smallest absolute Gasteiger partial charge is 0.328 e. The Kier molecular flexibility index (Phi) is 7.62. The summed E-state index contributed by atoms with van der Waals surface area (Å²) in [5.74, 6) is -0.737. The van der Waals surface area contributed by atoms with Gasteiger partial charge in [0.1, 0.15) is 12.1 Å². The van der Waals surface area contributed by atoms with E-state index >= 15 is 0 Å². The van der Waals surface area contributed by atoms with Gasteiger partial charge in [-0.1, -0.05) is 13.8 Å². The van der Waals surface area contributed by atoms with Crippen LogP contribution in [0, 0.1) is 11.8 Å². The van der Waals surface area contributed by atoms with Crippen molar-refractivity contribution in [2.75, 3.05) is 13.7 Å². The number of hydrogen-bond donors (Lipinski definition) is 2. The third kappa shape index (κ3) is 5.82. The summed E-state index contributed by atoms with van der Waals surface area (Å²) in [4.78, 5) is 28.6. The molecule has 0 aliphatic heterocycles. The number of nitrogens with one attached hydrogen (secondary N) is 1. The van der Waals surface area contributed by atoms with E-state index in [0.717, 1.165) is 0 Å². The van der Waals surface area contributed by atoms with Gasteiger partial charge in [0.05, 0.1) is 13.2 Å². The molecule has 1 aromatic heterocycles. The number of methoxy groups -OCH3 is 1. The quantitative estimate of drug-likeness (QED) is 0.586. The van der Waals surface area contributed by atoms with Crippen LogP contribution in [0.1, 0.15) is 51.0 Å². The van der Waals surface area contributed by atoms with Crippen molar-refractivity contribution >= 4 is 11.9 Å². The molecule has 8 heteroatoms. The standard InChI is InChI=1S/C20H30N2O6/c1-11(2)18(27-10-14-6-7-14)13(4)28-20(25)12(3)22-19(24)16-17(23)15(26-5)8-9-21-16/h8-9,11-14,18,23H,6-7,10H2,1-5H3,(H,22,24)/t12-,13-,18+/m0/s1. The second-order valence-corrected chi connectivity index (χ2v) is 7.53. The van der Waals surface area contributed by atoms with E-state index in [1.165, 1.54) is 39.1 Å². The fourth-order valence-corrected chi connectivity index (χ4v) is 2.85. The van der Waals surface area contributed by atoms with Crippen molar-refractivity contribution in [2.24, 2.45) is 11.8 Å². The van der Waals surface area contributed by atoms with Gasteiger partial charge in [0, 0.05) is 18.9 Å². The van der Waals surface area contributed by atoms with Crippen LogP contribution in [0.5, 0.6) is 11.5 Å². The predicted molar refractivity (Wildman–Crippen MR) is 102 cm³/mol. The fourth-order valence-electron chi connectivity index (χ4n) is 2.85. The molecule has 1 saturated carbocycles. The van der Waals surface area contributed by atoms with Gasteiger partial charge in [0.15, 0.2) is 17.2 Å². The van der Waals surface area contributed by atoms with Crippen molar-refractivity contribution in [3.63, 3.8) is 0 Å². The van der Waals surface area contributed by atoms with Crippen molar-refractivity contribution in [1.82, 2.24) is 10.3 Å². The minimum absolute atomic E-state index is 0.122. The number of ether oxygens (including phenoxy) is 3. The molecule has 2 N–H and O–H groups in total. The minimum atomic E-state index is -0.918. The average molecular weight is 394 g/mol. The van der Waals surface area contributed by atoms with Gasteiger partial charge in [-0.2, -0.15) is 0 Å². The van der Waals surface area contributed by atoms with Crippen LogP contribution in [0.4, 0.5) is 0 Å². The summed E-state index contributed by atoms with van der Waals surface area (Å²) in [5, 5.41) is 12.5. The molecule has 1 amide bonds. The van der Waals surface area contributed by atoms with Gasteiger partial charge in [-0.15, -0.1) is 0 Å². The third-order valence-electron chi connectivity index (χ3n) is 4.67. The zero-order valence-corrected chi connectivity index (χ0v) is 17.1. The van der Waals surface area contributed by atoms with Crippen LogP contribution in [0.2, 0.25) is 0 Å². The van der Waals surface area contributed by atoms with Gasteiger partial charge in [0.2, 0.25) is 0 Å². The Morgan fingerprint density at radius 2 is 1.96 bits per heavy atom. The second-order valence-electron chi connectivity index (χ2n) is 7.53. The van der Waals surface area contributed by atoms with Gasteiger partial charge in [-0.3, -0.25) is 4.79 Å². The summed E-state index contributed by atoms with van der Waals surface area (Å²) < 4.78 is 16.4. The van der Waals surface area contributed by atoms with Gasteiger partial charge >= 0.3 is 5.97 Å². The average Bonchev–Trinajstić information content (AvgIpc) is 3.45. The summed E-state index contributed by atoms with van der Waals surface area (Å²) in [6.45, 7) is 8.02. The first kappa shape index (κ1) is 21.9. The Labute approximate surface area is 165 Å². The highest BCUT2D eigenvalue weighted by atomic mass is 16.6. The number of aromatic hydroxyl groups is 1. The number of pyridine rings is 1. The maximum atomic E-state index is 12.4. The summed E-state index contributed by atoms with van der Waals surface area (Å²) in [6, 6.07) is 0.512. The van der Waals surface area contributed by atoms with Crippen molar-refractivity contribution in [1.29, 1.82) is 0 Å². The molecule has 3 atom stereocenters. The van der Waals surface area contributed by atoms with Gasteiger partial charge in [-0.25, -0.2) is 9.78 Å². The Morgan fingerprint density at radius 3 is 2.54 bits per heavy atom. The molecular weight excluding hydrogens is 364 g/mol. The van der Waals surface area contributed by atoms with Gasteiger partial charge < -0.3 is 24.6 Å². The Balaban J connectivity index is 1.92. The first-order chi connectivity index (χ1) is 13.2.